The number of nitrogens with one attached hydrogen (secondary N) is 1. The van der Waals surface area contributed by atoms with Crippen molar-refractivity contribution in [2.45, 2.75) is 53.0 Å². The fourth-order valence-electron chi connectivity index (χ4n) is 2.64. The molecule has 0 spiro atoms. The molecule has 0 aromatic heterocycles. The molecule has 1 rings (SSSR count). The molecule has 0 aromatic rings. The Morgan fingerprint density at radius 2 is 2.00 bits per heavy atom. The highest BCUT2D eigenvalue weighted by atomic mass is 16.2. The number of hydrogen-bond acceptors (Lipinski definition) is 2. The van der Waals surface area contributed by atoms with Gasteiger partial charge in [-0.25, -0.2) is 0 Å². The van der Waals surface area contributed by atoms with Gasteiger partial charge in [0, 0.05) is 19.1 Å². The van der Waals surface area contributed by atoms with Crippen LogP contribution in [0.4, 0.5) is 0 Å². The highest BCUT2D eigenvalue weighted by molar-refractivity contribution is 5.79. The summed E-state index contributed by atoms with van der Waals surface area (Å²) in [5, 5.41) is 3.29. The van der Waals surface area contributed by atoms with Gasteiger partial charge < -0.3 is 10.2 Å². The van der Waals surface area contributed by atoms with Crippen molar-refractivity contribution in [2.24, 2.45) is 11.8 Å². The van der Waals surface area contributed by atoms with E-state index in [0.717, 1.165) is 38.9 Å². The molecule has 1 amide bonds. The molecule has 1 aliphatic heterocycles. The largest absolute Gasteiger partial charge is 0.339 e. The molecule has 1 heterocycles. The smallest absolute Gasteiger partial charge is 0.227 e. The topological polar surface area (TPSA) is 32.3 Å². The zero-order chi connectivity index (χ0) is 12.8. The monoisotopic (exact) mass is 240 g/mol. The van der Waals surface area contributed by atoms with Crippen LogP contribution in [0.3, 0.4) is 0 Å². The number of nitrogens with zero attached hydrogens (tertiary/aromatic N) is 1. The van der Waals surface area contributed by atoms with Gasteiger partial charge in [0.25, 0.3) is 0 Å². The standard InChI is InChI=1S/C14H28N2O/c1-5-13(6-2)16(10-11(3)4)14(17)12-7-8-15-9-12/h11-13,15H,5-10H2,1-4H3. The molecule has 0 aliphatic carbocycles. The molecule has 1 unspecified atom stereocenters. The minimum Gasteiger partial charge on any atom is -0.339 e. The summed E-state index contributed by atoms with van der Waals surface area (Å²) in [7, 11) is 0. The molecule has 1 fully saturated rings. The molecule has 1 saturated heterocycles. The molecule has 0 aromatic carbocycles. The average Bonchev–Trinajstić information content (AvgIpc) is 2.81. The number of hydrogen-bond donors (Lipinski definition) is 1. The van der Waals surface area contributed by atoms with Crippen LogP contribution in [0, 0.1) is 11.8 Å². The molecule has 17 heavy (non-hydrogen) atoms. The maximum absolute atomic E-state index is 12.5. The summed E-state index contributed by atoms with van der Waals surface area (Å²) < 4.78 is 0. The van der Waals surface area contributed by atoms with Crippen LogP contribution >= 0.6 is 0 Å². The van der Waals surface area contributed by atoms with Gasteiger partial charge in [-0.3, -0.25) is 4.79 Å². The predicted octanol–water partition coefficient (Wildman–Crippen LogP) is 2.27. The van der Waals surface area contributed by atoms with Crippen LogP contribution in [-0.4, -0.2) is 36.5 Å². The normalized spacial score (nSPS) is 20.2. The lowest BCUT2D eigenvalue weighted by Crippen LogP contribution is -2.45. The van der Waals surface area contributed by atoms with Gasteiger partial charge >= 0.3 is 0 Å². The fourth-order valence-corrected chi connectivity index (χ4v) is 2.64. The van der Waals surface area contributed by atoms with Gasteiger partial charge in [-0.05, 0) is 31.7 Å². The molecule has 1 atom stereocenters. The van der Waals surface area contributed by atoms with E-state index in [1.165, 1.54) is 0 Å². The van der Waals surface area contributed by atoms with E-state index in [-0.39, 0.29) is 5.92 Å². The van der Waals surface area contributed by atoms with E-state index in [1.807, 2.05) is 0 Å². The summed E-state index contributed by atoms with van der Waals surface area (Å²) in [4.78, 5) is 14.7. The van der Waals surface area contributed by atoms with Gasteiger partial charge in [-0.1, -0.05) is 27.7 Å². The first kappa shape index (κ1) is 14.5. The minimum atomic E-state index is 0.217. The highest BCUT2D eigenvalue weighted by Crippen LogP contribution is 2.18. The number of carbonyl (C=O) groups is 1. The molecule has 0 bridgehead atoms. The lowest BCUT2D eigenvalue weighted by molar-refractivity contribution is -0.138. The molecule has 3 heteroatoms. The summed E-state index contributed by atoms with van der Waals surface area (Å²) in [6.45, 7) is 11.5. The second-order valence-electron chi connectivity index (χ2n) is 5.54. The third-order valence-corrected chi connectivity index (χ3v) is 3.64. The van der Waals surface area contributed by atoms with Gasteiger partial charge in [0.1, 0.15) is 0 Å². The van der Waals surface area contributed by atoms with E-state index < -0.39 is 0 Å². The Hall–Kier alpha value is -0.570. The molecule has 1 N–H and O–H groups in total. The van der Waals surface area contributed by atoms with E-state index in [9.17, 15) is 4.79 Å². The van der Waals surface area contributed by atoms with Crippen molar-refractivity contribution in [2.75, 3.05) is 19.6 Å². The van der Waals surface area contributed by atoms with Crippen molar-refractivity contribution < 1.29 is 4.79 Å². The van der Waals surface area contributed by atoms with Crippen LogP contribution in [0.25, 0.3) is 0 Å². The molecule has 3 nitrogen and oxygen atoms in total. The fraction of sp³-hybridized carbons (Fsp3) is 0.929. The van der Waals surface area contributed by atoms with Crippen molar-refractivity contribution in [1.82, 2.24) is 10.2 Å². The Labute approximate surface area is 106 Å². The van der Waals surface area contributed by atoms with Crippen LogP contribution in [-0.2, 0) is 4.79 Å². The maximum atomic E-state index is 12.5. The second kappa shape index (κ2) is 7.00. The average molecular weight is 240 g/mol. The van der Waals surface area contributed by atoms with Gasteiger partial charge in [-0.15, -0.1) is 0 Å². The van der Waals surface area contributed by atoms with Gasteiger partial charge in [0.15, 0.2) is 0 Å². The third kappa shape index (κ3) is 3.98. The van der Waals surface area contributed by atoms with Crippen LogP contribution in [0.15, 0.2) is 0 Å². The summed E-state index contributed by atoms with van der Waals surface area (Å²) in [5.41, 5.74) is 0. The van der Waals surface area contributed by atoms with Crippen LogP contribution in [0.1, 0.15) is 47.0 Å². The van der Waals surface area contributed by atoms with Crippen LogP contribution < -0.4 is 5.32 Å². The lowest BCUT2D eigenvalue weighted by Gasteiger charge is -2.34. The van der Waals surface area contributed by atoms with E-state index in [1.54, 1.807) is 0 Å². The van der Waals surface area contributed by atoms with Crippen molar-refractivity contribution >= 4 is 5.91 Å². The zero-order valence-electron chi connectivity index (χ0n) is 11.8. The number of amides is 1. The summed E-state index contributed by atoms with van der Waals surface area (Å²) >= 11 is 0. The Morgan fingerprint density at radius 3 is 2.41 bits per heavy atom. The van der Waals surface area contributed by atoms with Crippen molar-refractivity contribution in [3.63, 3.8) is 0 Å². The molecular formula is C14H28N2O. The minimum absolute atomic E-state index is 0.217. The van der Waals surface area contributed by atoms with Gasteiger partial charge in [-0.2, -0.15) is 0 Å². The highest BCUT2D eigenvalue weighted by Gasteiger charge is 2.30. The summed E-state index contributed by atoms with van der Waals surface area (Å²) in [6.07, 6.45) is 3.14. The maximum Gasteiger partial charge on any atom is 0.227 e. The number of rotatable bonds is 6. The van der Waals surface area contributed by atoms with Crippen LogP contribution in [0.5, 0.6) is 0 Å². The molecule has 0 radical (unpaired) electrons. The van der Waals surface area contributed by atoms with Gasteiger partial charge in [0.05, 0.1) is 5.92 Å². The summed E-state index contributed by atoms with van der Waals surface area (Å²) in [5.74, 6) is 1.14. The van der Waals surface area contributed by atoms with E-state index >= 15 is 0 Å². The predicted molar refractivity (Wildman–Crippen MR) is 71.9 cm³/mol. The molecule has 100 valence electrons. The Balaban J connectivity index is 2.69. The Kier molecular flexibility index (Phi) is 5.96. The number of carbonyl (C=O) groups excluding carboxylic acids is 1. The Morgan fingerprint density at radius 1 is 1.35 bits per heavy atom. The van der Waals surface area contributed by atoms with E-state index in [0.29, 0.717) is 17.9 Å². The summed E-state index contributed by atoms with van der Waals surface area (Å²) in [6, 6.07) is 0.422. The van der Waals surface area contributed by atoms with Crippen molar-refractivity contribution in [1.29, 1.82) is 0 Å². The van der Waals surface area contributed by atoms with E-state index in [4.69, 9.17) is 0 Å². The lowest BCUT2D eigenvalue weighted by atomic mass is 10.0. The van der Waals surface area contributed by atoms with Crippen molar-refractivity contribution in [3.8, 4) is 0 Å². The first-order chi connectivity index (χ1) is 8.10. The SMILES string of the molecule is CCC(CC)N(CC(C)C)C(=O)C1CCNC1. The first-order valence-electron chi connectivity index (χ1n) is 7.11. The quantitative estimate of drug-likeness (QED) is 0.772. The molecular weight excluding hydrogens is 212 g/mol. The van der Waals surface area contributed by atoms with Gasteiger partial charge in [0.2, 0.25) is 5.91 Å². The van der Waals surface area contributed by atoms with Crippen molar-refractivity contribution in [3.05, 3.63) is 0 Å². The Bertz CT molecular complexity index is 230. The first-order valence-corrected chi connectivity index (χ1v) is 7.11. The van der Waals surface area contributed by atoms with Crippen LogP contribution in [0.2, 0.25) is 0 Å². The molecule has 1 aliphatic rings. The van der Waals surface area contributed by atoms with E-state index in [2.05, 4.69) is 37.9 Å². The second-order valence-corrected chi connectivity index (χ2v) is 5.54. The third-order valence-electron chi connectivity index (χ3n) is 3.64. The zero-order valence-corrected chi connectivity index (χ0v) is 11.8. The molecule has 0 saturated carbocycles.